The number of pyridine rings is 1. The molecule has 0 radical (unpaired) electrons. The summed E-state index contributed by atoms with van der Waals surface area (Å²) >= 11 is 8.40. The SMILES string of the molecule is Cc1cccn2cc(CN(C(=O)OC(C)(C)C)c3cc(Cl)nc4c(I)cnn34)nc12. The minimum absolute atomic E-state index is 0.182. The van der Waals surface area contributed by atoms with Crippen LogP contribution in [0.3, 0.4) is 0 Å². The maximum Gasteiger partial charge on any atom is 0.416 e. The van der Waals surface area contributed by atoms with E-state index in [1.807, 2.05) is 56.6 Å². The molecule has 30 heavy (non-hydrogen) atoms. The number of anilines is 1. The van der Waals surface area contributed by atoms with Crippen LogP contribution in [0.1, 0.15) is 32.0 Å². The summed E-state index contributed by atoms with van der Waals surface area (Å²) in [6, 6.07) is 5.55. The van der Waals surface area contributed by atoms with Crippen LogP contribution >= 0.6 is 34.2 Å². The van der Waals surface area contributed by atoms with Gasteiger partial charge in [0.15, 0.2) is 5.65 Å². The molecular weight excluding hydrogens is 519 g/mol. The summed E-state index contributed by atoms with van der Waals surface area (Å²) < 4.78 is 10.0. The Morgan fingerprint density at radius 2 is 2.07 bits per heavy atom. The molecule has 0 fully saturated rings. The topological polar surface area (TPSA) is 77.0 Å². The third-order valence-corrected chi connectivity index (χ3v) is 5.27. The number of nitrogens with zero attached hydrogens (tertiary/aromatic N) is 6. The quantitative estimate of drug-likeness (QED) is 0.274. The smallest absolute Gasteiger partial charge is 0.416 e. The van der Waals surface area contributed by atoms with Gasteiger partial charge < -0.3 is 9.14 Å². The highest BCUT2D eigenvalue weighted by atomic mass is 127. The van der Waals surface area contributed by atoms with Crippen molar-refractivity contribution < 1.29 is 9.53 Å². The molecule has 156 valence electrons. The molecule has 4 aromatic rings. The van der Waals surface area contributed by atoms with Gasteiger partial charge in [0, 0.05) is 18.5 Å². The lowest BCUT2D eigenvalue weighted by Gasteiger charge is -2.27. The third kappa shape index (κ3) is 4.08. The van der Waals surface area contributed by atoms with E-state index in [-0.39, 0.29) is 11.7 Å². The first kappa shape index (κ1) is 20.9. The molecule has 0 aliphatic rings. The van der Waals surface area contributed by atoms with Crippen molar-refractivity contribution in [1.82, 2.24) is 24.0 Å². The summed E-state index contributed by atoms with van der Waals surface area (Å²) in [4.78, 5) is 23.7. The summed E-state index contributed by atoms with van der Waals surface area (Å²) in [5.41, 5.74) is 2.49. The van der Waals surface area contributed by atoms with Gasteiger partial charge in [0.25, 0.3) is 0 Å². The third-order valence-electron chi connectivity index (χ3n) is 4.32. The molecule has 0 N–H and O–H groups in total. The average Bonchev–Trinajstić information content (AvgIpc) is 3.22. The standard InChI is InChI=1S/C20H20ClIN6O2/c1-12-6-5-7-26-10-13(24-17(12)26)11-27(19(29)30-20(2,3)4)16-8-15(21)25-18-14(22)9-23-28(16)18/h5-10H,11H2,1-4H3. The van der Waals surface area contributed by atoms with Gasteiger partial charge in [0.2, 0.25) is 0 Å². The molecule has 0 saturated carbocycles. The van der Waals surface area contributed by atoms with Gasteiger partial charge in [0.05, 0.1) is 22.0 Å². The van der Waals surface area contributed by atoms with Gasteiger partial charge in [-0.25, -0.2) is 14.8 Å². The number of aromatic nitrogens is 5. The summed E-state index contributed by atoms with van der Waals surface area (Å²) in [6.45, 7) is 7.65. The van der Waals surface area contributed by atoms with E-state index in [1.54, 1.807) is 16.8 Å². The second kappa shape index (κ2) is 7.69. The van der Waals surface area contributed by atoms with E-state index in [0.29, 0.717) is 17.2 Å². The lowest BCUT2D eigenvalue weighted by atomic mass is 10.2. The normalized spacial score (nSPS) is 11.9. The van der Waals surface area contributed by atoms with Crippen LogP contribution in [0.25, 0.3) is 11.3 Å². The van der Waals surface area contributed by atoms with E-state index in [2.05, 4.69) is 32.7 Å². The highest BCUT2D eigenvalue weighted by molar-refractivity contribution is 14.1. The fraction of sp³-hybridized carbons (Fsp3) is 0.300. The molecule has 0 atom stereocenters. The number of halogens is 2. The van der Waals surface area contributed by atoms with Gasteiger partial charge >= 0.3 is 6.09 Å². The molecule has 4 rings (SSSR count). The predicted molar refractivity (Wildman–Crippen MR) is 123 cm³/mol. The number of carbonyl (C=O) groups is 1. The zero-order valence-electron chi connectivity index (χ0n) is 16.9. The molecule has 0 saturated heterocycles. The van der Waals surface area contributed by atoms with Crippen LogP contribution in [0.4, 0.5) is 10.6 Å². The molecule has 0 aliphatic heterocycles. The number of imidazole rings is 1. The van der Waals surface area contributed by atoms with Gasteiger partial charge in [-0.05, 0) is 61.9 Å². The Morgan fingerprint density at radius 1 is 1.30 bits per heavy atom. The van der Waals surface area contributed by atoms with Crippen molar-refractivity contribution in [2.75, 3.05) is 4.90 Å². The van der Waals surface area contributed by atoms with Crippen LogP contribution in [0.2, 0.25) is 5.15 Å². The summed E-state index contributed by atoms with van der Waals surface area (Å²) in [5.74, 6) is 0.455. The van der Waals surface area contributed by atoms with Gasteiger partial charge in [-0.2, -0.15) is 9.61 Å². The van der Waals surface area contributed by atoms with E-state index in [0.717, 1.165) is 14.8 Å². The van der Waals surface area contributed by atoms with Crippen molar-refractivity contribution in [3.63, 3.8) is 0 Å². The number of aryl methyl sites for hydroxylation is 1. The predicted octanol–water partition coefficient (Wildman–Crippen LogP) is 4.89. The number of fused-ring (bicyclic) bond motifs is 2. The molecule has 4 heterocycles. The second-order valence-electron chi connectivity index (χ2n) is 7.89. The van der Waals surface area contributed by atoms with Crippen LogP contribution < -0.4 is 4.90 Å². The van der Waals surface area contributed by atoms with Crippen LogP contribution in [-0.4, -0.2) is 35.7 Å². The summed E-state index contributed by atoms with van der Waals surface area (Å²) in [5, 5.41) is 4.63. The minimum Gasteiger partial charge on any atom is -0.443 e. The van der Waals surface area contributed by atoms with Crippen LogP contribution in [0.5, 0.6) is 0 Å². The van der Waals surface area contributed by atoms with Crippen molar-refractivity contribution in [2.24, 2.45) is 0 Å². The Morgan fingerprint density at radius 3 is 2.77 bits per heavy atom. The van der Waals surface area contributed by atoms with E-state index >= 15 is 0 Å². The van der Waals surface area contributed by atoms with Gasteiger partial charge in [-0.15, -0.1) is 0 Å². The highest BCUT2D eigenvalue weighted by Crippen LogP contribution is 2.26. The van der Waals surface area contributed by atoms with Gasteiger partial charge in [0.1, 0.15) is 22.2 Å². The van der Waals surface area contributed by atoms with E-state index in [1.165, 1.54) is 4.90 Å². The molecule has 1 amide bonds. The maximum absolute atomic E-state index is 13.2. The van der Waals surface area contributed by atoms with Crippen molar-refractivity contribution >= 4 is 57.4 Å². The molecule has 10 heteroatoms. The Balaban J connectivity index is 1.82. The Labute approximate surface area is 192 Å². The molecule has 0 spiro atoms. The Hall–Kier alpha value is -2.40. The summed E-state index contributed by atoms with van der Waals surface area (Å²) in [7, 11) is 0. The van der Waals surface area contributed by atoms with Crippen LogP contribution in [0.15, 0.2) is 36.8 Å². The first-order valence-corrected chi connectivity index (χ1v) is 10.7. The van der Waals surface area contributed by atoms with Crippen LogP contribution in [-0.2, 0) is 11.3 Å². The molecule has 8 nitrogen and oxygen atoms in total. The first-order chi connectivity index (χ1) is 14.1. The van der Waals surface area contributed by atoms with E-state index < -0.39 is 11.7 Å². The zero-order chi connectivity index (χ0) is 21.6. The molecule has 4 aromatic heterocycles. The number of rotatable bonds is 3. The first-order valence-electron chi connectivity index (χ1n) is 9.26. The average molecular weight is 539 g/mol. The van der Waals surface area contributed by atoms with Crippen molar-refractivity contribution in [3.8, 4) is 0 Å². The maximum atomic E-state index is 13.2. The second-order valence-corrected chi connectivity index (χ2v) is 9.44. The monoisotopic (exact) mass is 538 g/mol. The summed E-state index contributed by atoms with van der Waals surface area (Å²) in [6.07, 6.45) is 4.97. The van der Waals surface area contributed by atoms with Crippen molar-refractivity contribution in [3.05, 3.63) is 56.8 Å². The van der Waals surface area contributed by atoms with E-state index in [4.69, 9.17) is 21.3 Å². The molecular formula is C20H20ClIN6O2. The Kier molecular flexibility index (Phi) is 5.35. The minimum atomic E-state index is -0.667. The number of hydrogen-bond acceptors (Lipinski definition) is 5. The lowest BCUT2D eigenvalue weighted by molar-refractivity contribution is 0.0575. The molecule has 0 unspecified atom stereocenters. The van der Waals surface area contributed by atoms with Crippen molar-refractivity contribution in [2.45, 2.75) is 39.8 Å². The van der Waals surface area contributed by atoms with Gasteiger partial charge in [-0.1, -0.05) is 17.7 Å². The number of hydrogen-bond donors (Lipinski definition) is 0. The largest absolute Gasteiger partial charge is 0.443 e. The van der Waals surface area contributed by atoms with Crippen molar-refractivity contribution in [1.29, 1.82) is 0 Å². The van der Waals surface area contributed by atoms with Crippen LogP contribution in [0, 0.1) is 10.5 Å². The number of amides is 1. The zero-order valence-corrected chi connectivity index (χ0v) is 19.8. The van der Waals surface area contributed by atoms with Gasteiger partial charge in [-0.3, -0.25) is 4.90 Å². The number of ether oxygens (including phenoxy) is 1. The molecule has 0 aliphatic carbocycles. The highest BCUT2D eigenvalue weighted by Gasteiger charge is 2.27. The lowest BCUT2D eigenvalue weighted by Crippen LogP contribution is -2.37. The Bertz CT molecular complexity index is 1260. The fourth-order valence-corrected chi connectivity index (χ4v) is 3.73. The molecule has 0 bridgehead atoms. The van der Waals surface area contributed by atoms with E-state index in [9.17, 15) is 4.79 Å². The fourth-order valence-electron chi connectivity index (χ4n) is 3.08. The molecule has 0 aromatic carbocycles. The number of carbonyl (C=O) groups excluding carboxylic acids is 1.